The first-order valence-electron chi connectivity index (χ1n) is 10.9. The molecule has 0 atom stereocenters. The predicted molar refractivity (Wildman–Crippen MR) is 144 cm³/mol. The number of amides is 2. The van der Waals surface area contributed by atoms with Crippen molar-refractivity contribution in [2.45, 2.75) is 32.6 Å². The second-order valence-electron chi connectivity index (χ2n) is 7.58. The second-order valence-corrected chi connectivity index (χ2v) is 10.2. The van der Waals surface area contributed by atoms with Crippen molar-refractivity contribution in [1.82, 2.24) is 10.9 Å². The van der Waals surface area contributed by atoms with Crippen molar-refractivity contribution in [1.29, 1.82) is 0 Å². The summed E-state index contributed by atoms with van der Waals surface area (Å²) in [5, 5.41) is 1.99. The van der Waals surface area contributed by atoms with E-state index in [1.807, 2.05) is 30.3 Å². The summed E-state index contributed by atoms with van der Waals surface area (Å²) in [6.45, 7) is 2.41. The van der Waals surface area contributed by atoms with Crippen LogP contribution in [0.15, 0.2) is 61.9 Å². The molecule has 3 aromatic carbocycles. The van der Waals surface area contributed by atoms with E-state index in [4.69, 9.17) is 9.47 Å². The highest BCUT2D eigenvalue weighted by atomic mass is 79.9. The lowest BCUT2D eigenvalue weighted by molar-refractivity contribution is -0.123. The summed E-state index contributed by atoms with van der Waals surface area (Å²) in [6.07, 6.45) is 4.29. The van der Waals surface area contributed by atoms with E-state index in [0.29, 0.717) is 23.7 Å². The van der Waals surface area contributed by atoms with Gasteiger partial charge in [-0.2, -0.15) is 0 Å². The Bertz CT molecular complexity index is 1170. The van der Waals surface area contributed by atoms with E-state index < -0.39 is 11.8 Å². The molecule has 0 fully saturated rings. The van der Waals surface area contributed by atoms with Crippen molar-refractivity contribution in [3.63, 3.8) is 0 Å². The van der Waals surface area contributed by atoms with Gasteiger partial charge in [-0.15, -0.1) is 0 Å². The van der Waals surface area contributed by atoms with E-state index in [9.17, 15) is 9.59 Å². The van der Waals surface area contributed by atoms with E-state index in [1.165, 1.54) is 0 Å². The summed E-state index contributed by atoms with van der Waals surface area (Å²) >= 11 is 10.4. The Balaban J connectivity index is 1.54. The summed E-state index contributed by atoms with van der Waals surface area (Å²) in [6, 6.07) is 14.8. The number of rotatable bonds is 10. The van der Waals surface area contributed by atoms with Crippen LogP contribution >= 0.6 is 47.8 Å². The maximum Gasteiger partial charge on any atom is 0.276 e. The first-order valence-corrected chi connectivity index (χ1v) is 13.3. The van der Waals surface area contributed by atoms with Gasteiger partial charge in [0.2, 0.25) is 0 Å². The largest absolute Gasteiger partial charge is 0.493 e. The number of unbranched alkanes of at least 4 members (excludes halogenated alkanes) is 3. The summed E-state index contributed by atoms with van der Waals surface area (Å²) in [5.41, 5.74) is 5.15. The van der Waals surface area contributed by atoms with Gasteiger partial charge in [-0.3, -0.25) is 20.4 Å². The molecule has 180 valence electrons. The van der Waals surface area contributed by atoms with Gasteiger partial charge in [0.15, 0.2) is 6.61 Å². The van der Waals surface area contributed by atoms with Crippen LogP contribution in [0.2, 0.25) is 0 Å². The highest BCUT2D eigenvalue weighted by Gasteiger charge is 2.15. The standard InChI is InChI=1S/C25H25Br3N2O4/c1-2-3-4-5-12-33-21-11-8-18(27)14-20(21)25(32)30-29-23(31)15-34-22-10-6-16-13-17(26)7-9-19(16)24(22)28/h6-11,13-14H,2-5,12,15H2,1H3,(H,29,31)(H,30,32). The fraction of sp³-hybridized carbons (Fsp3) is 0.280. The minimum Gasteiger partial charge on any atom is -0.493 e. The Kier molecular flexibility index (Phi) is 10.2. The summed E-state index contributed by atoms with van der Waals surface area (Å²) < 4.78 is 13.9. The molecular formula is C25H25Br3N2O4. The lowest BCUT2D eigenvalue weighted by Gasteiger charge is -2.14. The van der Waals surface area contributed by atoms with Gasteiger partial charge in [0.25, 0.3) is 11.8 Å². The van der Waals surface area contributed by atoms with Crippen molar-refractivity contribution >= 4 is 70.4 Å². The molecule has 0 spiro atoms. The first-order chi connectivity index (χ1) is 16.4. The maximum atomic E-state index is 12.7. The zero-order valence-electron chi connectivity index (χ0n) is 18.6. The Morgan fingerprint density at radius 3 is 2.35 bits per heavy atom. The van der Waals surface area contributed by atoms with Crippen molar-refractivity contribution in [3.05, 3.63) is 67.5 Å². The third-order valence-corrected chi connectivity index (χ3v) is 6.80. The summed E-state index contributed by atoms with van der Waals surface area (Å²) in [7, 11) is 0. The van der Waals surface area contributed by atoms with Crippen molar-refractivity contribution in [2.24, 2.45) is 0 Å². The van der Waals surface area contributed by atoms with Crippen LogP contribution in [0.4, 0.5) is 0 Å². The van der Waals surface area contributed by atoms with Crippen LogP contribution in [-0.4, -0.2) is 25.0 Å². The third-order valence-electron chi connectivity index (χ3n) is 5.00. The quantitative estimate of drug-likeness (QED) is 0.183. The molecule has 3 rings (SSSR count). The molecule has 0 aromatic heterocycles. The fourth-order valence-corrected chi connectivity index (χ4v) is 4.59. The molecule has 0 bridgehead atoms. The van der Waals surface area contributed by atoms with Crippen LogP contribution in [0, 0.1) is 0 Å². The molecule has 0 aliphatic rings. The zero-order valence-corrected chi connectivity index (χ0v) is 23.4. The SMILES string of the molecule is CCCCCCOc1ccc(Br)cc1C(=O)NNC(=O)COc1ccc2cc(Br)ccc2c1Br. The van der Waals surface area contributed by atoms with Crippen LogP contribution in [0.5, 0.6) is 11.5 Å². The summed E-state index contributed by atoms with van der Waals surface area (Å²) in [4.78, 5) is 25.0. The average Bonchev–Trinajstić information content (AvgIpc) is 2.82. The van der Waals surface area contributed by atoms with Crippen LogP contribution in [0.25, 0.3) is 10.8 Å². The molecule has 0 unspecified atom stereocenters. The summed E-state index contributed by atoms with van der Waals surface area (Å²) in [5.74, 6) is 0.0281. The van der Waals surface area contributed by atoms with E-state index in [1.54, 1.807) is 18.2 Å². The number of carbonyl (C=O) groups excluding carboxylic acids is 2. The Morgan fingerprint density at radius 1 is 0.824 bits per heavy atom. The number of benzene rings is 3. The number of hydrogen-bond acceptors (Lipinski definition) is 4. The number of hydrogen-bond donors (Lipinski definition) is 2. The number of hydrazine groups is 1. The van der Waals surface area contributed by atoms with E-state index >= 15 is 0 Å². The monoisotopic (exact) mass is 654 g/mol. The lowest BCUT2D eigenvalue weighted by atomic mass is 10.1. The van der Waals surface area contributed by atoms with Gasteiger partial charge in [-0.25, -0.2) is 0 Å². The van der Waals surface area contributed by atoms with Crippen LogP contribution in [0.1, 0.15) is 43.0 Å². The van der Waals surface area contributed by atoms with Gasteiger partial charge >= 0.3 is 0 Å². The zero-order chi connectivity index (χ0) is 24.5. The van der Waals surface area contributed by atoms with Crippen molar-refractivity contribution in [2.75, 3.05) is 13.2 Å². The highest BCUT2D eigenvalue weighted by molar-refractivity contribution is 9.11. The first kappa shape index (κ1) is 26.5. The number of halogens is 3. The number of ether oxygens (including phenoxy) is 2. The molecule has 0 saturated carbocycles. The van der Waals surface area contributed by atoms with Gasteiger partial charge in [0.1, 0.15) is 11.5 Å². The maximum absolute atomic E-state index is 12.7. The number of nitrogens with one attached hydrogen (secondary N) is 2. The normalized spacial score (nSPS) is 10.7. The van der Waals surface area contributed by atoms with Crippen molar-refractivity contribution in [3.8, 4) is 11.5 Å². The molecule has 3 aromatic rings. The molecule has 34 heavy (non-hydrogen) atoms. The highest BCUT2D eigenvalue weighted by Crippen LogP contribution is 2.34. The van der Waals surface area contributed by atoms with Gasteiger partial charge < -0.3 is 9.47 Å². The van der Waals surface area contributed by atoms with Gasteiger partial charge in [0, 0.05) is 8.95 Å². The molecule has 0 aliphatic heterocycles. The Labute approximate surface area is 224 Å². The van der Waals surface area contributed by atoms with Crippen LogP contribution in [0.3, 0.4) is 0 Å². The third kappa shape index (κ3) is 7.45. The average molecular weight is 657 g/mol. The molecule has 2 N–H and O–H groups in total. The molecular weight excluding hydrogens is 632 g/mol. The molecule has 6 nitrogen and oxygen atoms in total. The van der Waals surface area contributed by atoms with Gasteiger partial charge in [0.05, 0.1) is 16.6 Å². The smallest absolute Gasteiger partial charge is 0.276 e. The molecule has 0 saturated heterocycles. The van der Waals surface area contributed by atoms with Gasteiger partial charge in [-0.1, -0.05) is 70.2 Å². The second kappa shape index (κ2) is 13.1. The lowest BCUT2D eigenvalue weighted by Crippen LogP contribution is -2.44. The van der Waals surface area contributed by atoms with Crippen molar-refractivity contribution < 1.29 is 19.1 Å². The Morgan fingerprint density at radius 2 is 1.56 bits per heavy atom. The molecule has 0 aliphatic carbocycles. The van der Waals surface area contributed by atoms with E-state index in [0.717, 1.165) is 49.9 Å². The van der Waals surface area contributed by atoms with E-state index in [-0.39, 0.29) is 6.61 Å². The molecule has 2 amide bonds. The Hall–Kier alpha value is -2.10. The molecule has 0 heterocycles. The molecule has 9 heteroatoms. The minimum atomic E-state index is -0.492. The van der Waals surface area contributed by atoms with Crippen LogP contribution in [-0.2, 0) is 4.79 Å². The minimum absolute atomic E-state index is 0.264. The topological polar surface area (TPSA) is 76.7 Å². The molecule has 0 radical (unpaired) electrons. The van der Waals surface area contributed by atoms with E-state index in [2.05, 4.69) is 65.6 Å². The van der Waals surface area contributed by atoms with Crippen LogP contribution < -0.4 is 20.3 Å². The predicted octanol–water partition coefficient (Wildman–Crippen LogP) is 6.93. The number of fused-ring (bicyclic) bond motifs is 1. The van der Waals surface area contributed by atoms with Gasteiger partial charge in [-0.05, 0) is 69.5 Å². The number of carbonyl (C=O) groups is 2. The fourth-order valence-electron chi connectivity index (χ4n) is 3.24.